The minimum Gasteiger partial charge on any atom is -0.406 e. The minimum atomic E-state index is -0.761. The second-order valence-electron chi connectivity index (χ2n) is 6.10. The van der Waals surface area contributed by atoms with Crippen LogP contribution >= 0.6 is 0 Å². The van der Waals surface area contributed by atoms with Crippen LogP contribution in [0.2, 0.25) is 0 Å². The van der Waals surface area contributed by atoms with Gasteiger partial charge in [-0.1, -0.05) is 12.1 Å². The number of carbonyl (C=O) groups is 1. The van der Waals surface area contributed by atoms with Gasteiger partial charge >= 0.3 is 6.09 Å². The summed E-state index contributed by atoms with van der Waals surface area (Å²) in [6.45, 7) is 1.81. The van der Waals surface area contributed by atoms with Crippen LogP contribution in [0.25, 0.3) is 22.3 Å². The fourth-order valence-corrected chi connectivity index (χ4v) is 2.83. The van der Waals surface area contributed by atoms with Crippen molar-refractivity contribution in [3.05, 3.63) is 78.3 Å². The Balaban J connectivity index is 1.48. The van der Waals surface area contributed by atoms with Crippen molar-refractivity contribution in [1.29, 1.82) is 0 Å². The molecule has 0 radical (unpaired) electrons. The predicted octanol–water partition coefficient (Wildman–Crippen LogP) is 4.43. The number of nitrogens with one attached hydrogen (secondary N) is 1. The number of carbonyl (C=O) groups excluding carboxylic acids is 1. The van der Waals surface area contributed by atoms with E-state index in [2.05, 4.69) is 15.4 Å². The molecule has 1 N–H and O–H groups in total. The molecular weight excluding hydrogens is 366 g/mol. The fourth-order valence-electron chi connectivity index (χ4n) is 2.83. The molecular formula is C20H14F2N4O2. The van der Waals surface area contributed by atoms with E-state index in [1.165, 1.54) is 41.3 Å². The molecule has 0 unspecified atom stereocenters. The average Bonchev–Trinajstić information content (AvgIpc) is 2.97. The maximum absolute atomic E-state index is 13.4. The van der Waals surface area contributed by atoms with Crippen LogP contribution in [0.15, 0.2) is 61.1 Å². The summed E-state index contributed by atoms with van der Waals surface area (Å²) in [4.78, 5) is 20.3. The molecule has 0 bridgehead atoms. The van der Waals surface area contributed by atoms with Gasteiger partial charge in [0.05, 0.1) is 17.9 Å². The standard InChI is InChI=1S/C20H14F2N4O2/c1-12-11-26(18-6-5-15(22)8-17(12)18)25-20(27)28-16-9-23-19(24-10-16)13-3-2-4-14(21)7-13/h2-11H,1H3,(H,25,27). The monoisotopic (exact) mass is 380 g/mol. The average molecular weight is 380 g/mol. The number of halogens is 2. The summed E-state index contributed by atoms with van der Waals surface area (Å²) in [6, 6.07) is 10.1. The minimum absolute atomic E-state index is 0.122. The Morgan fingerprint density at radius 2 is 1.82 bits per heavy atom. The largest absolute Gasteiger partial charge is 0.432 e. The molecule has 2 aromatic carbocycles. The number of nitrogens with zero attached hydrogens (tertiary/aromatic N) is 3. The van der Waals surface area contributed by atoms with Crippen molar-refractivity contribution in [2.24, 2.45) is 0 Å². The summed E-state index contributed by atoms with van der Waals surface area (Å²) in [5, 5.41) is 0.683. The van der Waals surface area contributed by atoms with Crippen molar-refractivity contribution >= 4 is 17.0 Å². The lowest BCUT2D eigenvalue weighted by Gasteiger charge is -2.09. The van der Waals surface area contributed by atoms with Crippen molar-refractivity contribution in [3.63, 3.8) is 0 Å². The van der Waals surface area contributed by atoms with E-state index in [0.717, 1.165) is 5.56 Å². The summed E-state index contributed by atoms with van der Waals surface area (Å²) in [5.41, 5.74) is 4.50. The third-order valence-corrected chi connectivity index (χ3v) is 4.10. The number of hydrogen-bond donors (Lipinski definition) is 1. The van der Waals surface area contributed by atoms with Gasteiger partial charge in [0.15, 0.2) is 11.6 Å². The normalized spacial score (nSPS) is 10.8. The van der Waals surface area contributed by atoms with Gasteiger partial charge in [0.1, 0.15) is 11.6 Å². The van der Waals surface area contributed by atoms with Gasteiger partial charge < -0.3 is 4.74 Å². The van der Waals surface area contributed by atoms with E-state index in [9.17, 15) is 13.6 Å². The van der Waals surface area contributed by atoms with E-state index >= 15 is 0 Å². The molecule has 0 spiro atoms. The van der Waals surface area contributed by atoms with Gasteiger partial charge in [0, 0.05) is 17.1 Å². The molecule has 2 aromatic heterocycles. The molecule has 4 rings (SSSR count). The number of fused-ring (bicyclic) bond motifs is 1. The van der Waals surface area contributed by atoms with Crippen molar-refractivity contribution in [1.82, 2.24) is 14.6 Å². The molecule has 0 aliphatic heterocycles. The van der Waals surface area contributed by atoms with Crippen molar-refractivity contribution in [3.8, 4) is 17.1 Å². The lowest BCUT2D eigenvalue weighted by molar-refractivity contribution is 0.211. The highest BCUT2D eigenvalue weighted by Gasteiger charge is 2.11. The maximum atomic E-state index is 13.4. The summed E-state index contributed by atoms with van der Waals surface area (Å²) in [7, 11) is 0. The Bertz CT molecular complexity index is 1170. The molecule has 8 heteroatoms. The first-order valence-corrected chi connectivity index (χ1v) is 8.33. The van der Waals surface area contributed by atoms with E-state index in [4.69, 9.17) is 4.74 Å². The van der Waals surface area contributed by atoms with Crippen LogP contribution < -0.4 is 10.2 Å². The van der Waals surface area contributed by atoms with Gasteiger partial charge in [-0.3, -0.25) is 4.68 Å². The highest BCUT2D eigenvalue weighted by atomic mass is 19.1. The van der Waals surface area contributed by atoms with Crippen molar-refractivity contribution in [2.75, 3.05) is 5.43 Å². The summed E-state index contributed by atoms with van der Waals surface area (Å²) < 4.78 is 33.3. The molecule has 0 aliphatic carbocycles. The van der Waals surface area contributed by atoms with Crippen LogP contribution in [0.1, 0.15) is 5.56 Å². The molecule has 0 atom stereocenters. The first-order valence-electron chi connectivity index (χ1n) is 8.33. The highest BCUT2D eigenvalue weighted by Crippen LogP contribution is 2.21. The molecule has 0 saturated carbocycles. The number of rotatable bonds is 3. The van der Waals surface area contributed by atoms with Gasteiger partial charge in [0.25, 0.3) is 0 Å². The van der Waals surface area contributed by atoms with Crippen LogP contribution in [0.5, 0.6) is 5.75 Å². The fraction of sp³-hybridized carbons (Fsp3) is 0.0500. The number of amides is 1. The van der Waals surface area contributed by atoms with Crippen LogP contribution in [-0.2, 0) is 0 Å². The zero-order chi connectivity index (χ0) is 19.7. The van der Waals surface area contributed by atoms with Gasteiger partial charge in [0.2, 0.25) is 0 Å². The number of benzene rings is 2. The summed E-state index contributed by atoms with van der Waals surface area (Å²) >= 11 is 0. The zero-order valence-electron chi connectivity index (χ0n) is 14.7. The SMILES string of the molecule is Cc1cn(NC(=O)Oc2cnc(-c3cccc(F)c3)nc2)c2ccc(F)cc12. The lowest BCUT2D eigenvalue weighted by Crippen LogP contribution is -2.25. The lowest BCUT2D eigenvalue weighted by atomic mass is 10.2. The Morgan fingerprint density at radius 1 is 1.07 bits per heavy atom. The molecule has 140 valence electrons. The Hall–Kier alpha value is -3.81. The smallest absolute Gasteiger partial charge is 0.406 e. The van der Waals surface area contributed by atoms with Gasteiger partial charge in [-0.05, 0) is 42.8 Å². The Labute approximate surface area is 158 Å². The first-order chi connectivity index (χ1) is 13.5. The molecule has 1 amide bonds. The second-order valence-corrected chi connectivity index (χ2v) is 6.10. The quantitative estimate of drug-likeness (QED) is 0.571. The van der Waals surface area contributed by atoms with Gasteiger partial charge in [-0.25, -0.2) is 29.0 Å². The predicted molar refractivity (Wildman–Crippen MR) is 99.4 cm³/mol. The molecule has 28 heavy (non-hydrogen) atoms. The third-order valence-electron chi connectivity index (χ3n) is 4.10. The molecule has 2 heterocycles. The highest BCUT2D eigenvalue weighted by molar-refractivity contribution is 5.87. The van der Waals surface area contributed by atoms with E-state index in [-0.39, 0.29) is 11.6 Å². The number of ether oxygens (including phenoxy) is 1. The van der Waals surface area contributed by atoms with Gasteiger partial charge in [-0.2, -0.15) is 0 Å². The molecule has 0 saturated heterocycles. The first kappa shape index (κ1) is 17.6. The van der Waals surface area contributed by atoms with Crippen molar-refractivity contribution in [2.45, 2.75) is 6.92 Å². The number of aromatic nitrogens is 3. The summed E-state index contributed by atoms with van der Waals surface area (Å²) in [6.07, 6.45) is 3.54. The van der Waals surface area contributed by atoms with Crippen LogP contribution in [0.4, 0.5) is 13.6 Å². The van der Waals surface area contributed by atoms with Crippen LogP contribution in [0.3, 0.4) is 0 Å². The second kappa shape index (κ2) is 7.07. The number of aryl methyl sites for hydroxylation is 1. The van der Waals surface area contributed by atoms with E-state index in [1.807, 2.05) is 6.92 Å². The third kappa shape index (κ3) is 3.52. The molecule has 0 fully saturated rings. The van der Waals surface area contributed by atoms with E-state index in [0.29, 0.717) is 22.3 Å². The maximum Gasteiger partial charge on any atom is 0.432 e. The summed E-state index contributed by atoms with van der Waals surface area (Å²) in [5.74, 6) is -0.320. The van der Waals surface area contributed by atoms with E-state index in [1.54, 1.807) is 24.4 Å². The van der Waals surface area contributed by atoms with Crippen LogP contribution in [0, 0.1) is 18.6 Å². The molecule has 6 nitrogen and oxygen atoms in total. The zero-order valence-corrected chi connectivity index (χ0v) is 14.7. The Kier molecular flexibility index (Phi) is 4.44. The van der Waals surface area contributed by atoms with Gasteiger partial charge in [-0.15, -0.1) is 0 Å². The Morgan fingerprint density at radius 3 is 2.57 bits per heavy atom. The van der Waals surface area contributed by atoms with Crippen molar-refractivity contribution < 1.29 is 18.3 Å². The molecule has 0 aliphatic rings. The molecule has 4 aromatic rings. The topological polar surface area (TPSA) is 69.0 Å². The van der Waals surface area contributed by atoms with Crippen LogP contribution in [-0.4, -0.2) is 20.7 Å². The van der Waals surface area contributed by atoms with E-state index < -0.39 is 11.9 Å². The number of hydrogen-bond acceptors (Lipinski definition) is 4.